The number of anilines is 2. The van der Waals surface area contributed by atoms with E-state index in [9.17, 15) is 13.2 Å². The first-order valence-corrected chi connectivity index (χ1v) is 5.65. The lowest BCUT2D eigenvalue weighted by Gasteiger charge is -2.13. The third kappa shape index (κ3) is 4.40. The fraction of sp³-hybridized carbons (Fsp3) is 0.545. The van der Waals surface area contributed by atoms with Crippen molar-refractivity contribution in [1.82, 2.24) is 4.98 Å². The Labute approximate surface area is 103 Å². The normalized spacial score (nSPS) is 11.4. The average molecular weight is 263 g/mol. The first-order chi connectivity index (χ1) is 8.47. The number of nitrogens with zero attached hydrogens (tertiary/aromatic N) is 1. The average Bonchev–Trinajstić information content (AvgIpc) is 2.32. The quantitative estimate of drug-likeness (QED) is 0.737. The first-order valence-electron chi connectivity index (χ1n) is 5.65. The van der Waals surface area contributed by atoms with Gasteiger partial charge < -0.3 is 15.7 Å². The van der Waals surface area contributed by atoms with Crippen LogP contribution in [0.25, 0.3) is 0 Å². The van der Waals surface area contributed by atoms with Crippen LogP contribution in [-0.4, -0.2) is 29.8 Å². The molecule has 7 heteroatoms. The largest absolute Gasteiger partial charge is 0.416 e. The van der Waals surface area contributed by atoms with Crippen LogP contribution in [0.5, 0.6) is 0 Å². The van der Waals surface area contributed by atoms with Crippen molar-refractivity contribution < 1.29 is 18.3 Å². The number of aliphatic hydroxyl groups excluding tert-OH is 1. The van der Waals surface area contributed by atoms with Crippen molar-refractivity contribution in [3.63, 3.8) is 0 Å². The van der Waals surface area contributed by atoms with Crippen LogP contribution < -0.4 is 10.6 Å². The molecule has 1 heterocycles. The van der Waals surface area contributed by atoms with E-state index in [1.807, 2.05) is 6.92 Å². The predicted octanol–water partition coefficient (Wildman–Crippen LogP) is 2.33. The Hall–Kier alpha value is -1.50. The molecule has 0 saturated carbocycles. The minimum absolute atomic E-state index is 0.0949. The van der Waals surface area contributed by atoms with Crippen molar-refractivity contribution in [3.05, 3.63) is 17.7 Å². The summed E-state index contributed by atoms with van der Waals surface area (Å²) in [5.41, 5.74) is -0.767. The van der Waals surface area contributed by atoms with E-state index in [4.69, 9.17) is 5.11 Å². The predicted molar refractivity (Wildman–Crippen MR) is 63.6 cm³/mol. The molecule has 0 amide bonds. The van der Waals surface area contributed by atoms with Crippen molar-refractivity contribution >= 4 is 11.6 Å². The number of aliphatic hydroxyl groups is 1. The lowest BCUT2D eigenvalue weighted by Crippen LogP contribution is -2.13. The van der Waals surface area contributed by atoms with Crippen LogP contribution in [0, 0.1) is 0 Å². The number of halogens is 3. The fourth-order valence-corrected chi connectivity index (χ4v) is 1.31. The molecular weight excluding hydrogens is 247 g/mol. The topological polar surface area (TPSA) is 57.2 Å². The maximum atomic E-state index is 12.7. The molecule has 0 atom stereocenters. The Morgan fingerprint density at radius 3 is 2.17 bits per heavy atom. The highest BCUT2D eigenvalue weighted by Gasteiger charge is 2.31. The Morgan fingerprint density at radius 1 is 1.17 bits per heavy atom. The molecule has 0 aliphatic heterocycles. The molecule has 102 valence electrons. The number of alkyl halides is 3. The molecule has 4 nitrogen and oxygen atoms in total. The molecule has 0 spiro atoms. The fourth-order valence-electron chi connectivity index (χ4n) is 1.31. The monoisotopic (exact) mass is 263 g/mol. The van der Waals surface area contributed by atoms with E-state index in [2.05, 4.69) is 15.6 Å². The second kappa shape index (κ2) is 6.44. The minimum Gasteiger partial charge on any atom is -0.395 e. The van der Waals surface area contributed by atoms with Gasteiger partial charge in [-0.2, -0.15) is 13.2 Å². The van der Waals surface area contributed by atoms with Crippen LogP contribution in [0.15, 0.2) is 12.1 Å². The van der Waals surface area contributed by atoms with Gasteiger partial charge in [-0.25, -0.2) is 4.98 Å². The van der Waals surface area contributed by atoms with Gasteiger partial charge in [0.15, 0.2) is 0 Å². The minimum atomic E-state index is -4.42. The maximum Gasteiger partial charge on any atom is 0.416 e. The lowest BCUT2D eigenvalue weighted by atomic mass is 10.2. The summed E-state index contributed by atoms with van der Waals surface area (Å²) in [5.74, 6) is 0.268. The first kappa shape index (κ1) is 14.6. The SMILES string of the molecule is CCCNc1cc(C(F)(F)F)cc(NCCO)n1. The van der Waals surface area contributed by atoms with Crippen molar-refractivity contribution in [2.75, 3.05) is 30.3 Å². The van der Waals surface area contributed by atoms with Gasteiger partial charge in [-0.15, -0.1) is 0 Å². The van der Waals surface area contributed by atoms with Gasteiger partial charge in [-0.1, -0.05) is 6.92 Å². The van der Waals surface area contributed by atoms with Gasteiger partial charge >= 0.3 is 6.18 Å². The van der Waals surface area contributed by atoms with E-state index in [-0.39, 0.29) is 24.8 Å². The van der Waals surface area contributed by atoms with E-state index < -0.39 is 11.7 Å². The number of aromatic nitrogens is 1. The molecule has 18 heavy (non-hydrogen) atoms. The summed E-state index contributed by atoms with van der Waals surface area (Å²) >= 11 is 0. The standard InChI is InChI=1S/C11H16F3N3O/c1-2-3-15-9-6-8(11(12,13)14)7-10(17-9)16-4-5-18/h6-7,18H,2-5H2,1H3,(H2,15,16,17). The number of rotatable bonds is 6. The summed E-state index contributed by atoms with van der Waals surface area (Å²) in [5, 5.41) is 14.1. The summed E-state index contributed by atoms with van der Waals surface area (Å²) in [4.78, 5) is 3.99. The summed E-state index contributed by atoms with van der Waals surface area (Å²) in [7, 11) is 0. The van der Waals surface area contributed by atoms with Gasteiger partial charge in [-0.3, -0.25) is 0 Å². The van der Waals surface area contributed by atoms with E-state index >= 15 is 0 Å². The summed E-state index contributed by atoms with van der Waals surface area (Å²) in [6.07, 6.45) is -3.63. The summed E-state index contributed by atoms with van der Waals surface area (Å²) in [6, 6.07) is 1.90. The Bertz CT molecular complexity index is 356. The Kier molecular flexibility index (Phi) is 5.21. The van der Waals surface area contributed by atoms with Gasteiger partial charge in [0.05, 0.1) is 12.2 Å². The maximum absolute atomic E-state index is 12.7. The number of hydrogen-bond donors (Lipinski definition) is 3. The molecule has 0 unspecified atom stereocenters. The van der Waals surface area contributed by atoms with Crippen LogP contribution >= 0.6 is 0 Å². The van der Waals surface area contributed by atoms with E-state index in [0.717, 1.165) is 18.6 Å². The van der Waals surface area contributed by atoms with Gasteiger partial charge in [-0.05, 0) is 18.6 Å². The Morgan fingerprint density at radius 2 is 1.72 bits per heavy atom. The molecule has 0 radical (unpaired) electrons. The highest BCUT2D eigenvalue weighted by atomic mass is 19.4. The molecule has 0 bridgehead atoms. The third-order valence-corrected chi connectivity index (χ3v) is 2.13. The van der Waals surface area contributed by atoms with Gasteiger partial charge in [0.25, 0.3) is 0 Å². The molecule has 0 fully saturated rings. The van der Waals surface area contributed by atoms with E-state index in [1.54, 1.807) is 0 Å². The van der Waals surface area contributed by atoms with Crippen LogP contribution in [0.4, 0.5) is 24.8 Å². The molecule has 0 saturated heterocycles. The molecule has 0 aliphatic rings. The van der Waals surface area contributed by atoms with Crippen LogP contribution in [-0.2, 0) is 6.18 Å². The zero-order valence-corrected chi connectivity index (χ0v) is 10.0. The molecular formula is C11H16F3N3O. The second-order valence-corrected chi connectivity index (χ2v) is 3.70. The van der Waals surface area contributed by atoms with Gasteiger partial charge in [0.1, 0.15) is 11.6 Å². The van der Waals surface area contributed by atoms with Gasteiger partial charge in [0, 0.05) is 13.1 Å². The molecule has 3 N–H and O–H groups in total. The van der Waals surface area contributed by atoms with Gasteiger partial charge in [0.2, 0.25) is 0 Å². The van der Waals surface area contributed by atoms with Crippen molar-refractivity contribution in [2.24, 2.45) is 0 Å². The summed E-state index contributed by atoms with van der Waals surface area (Å²) in [6.45, 7) is 2.44. The smallest absolute Gasteiger partial charge is 0.395 e. The zero-order chi connectivity index (χ0) is 13.6. The van der Waals surface area contributed by atoms with Crippen LogP contribution in [0.2, 0.25) is 0 Å². The van der Waals surface area contributed by atoms with E-state index in [1.165, 1.54) is 0 Å². The Balaban J connectivity index is 2.96. The highest BCUT2D eigenvalue weighted by Crippen LogP contribution is 2.31. The molecule has 1 aromatic rings. The molecule has 1 aromatic heterocycles. The summed E-state index contributed by atoms with van der Waals surface area (Å²) < 4.78 is 38.0. The van der Waals surface area contributed by atoms with Crippen LogP contribution in [0.3, 0.4) is 0 Å². The number of pyridine rings is 1. The van der Waals surface area contributed by atoms with Crippen LogP contribution in [0.1, 0.15) is 18.9 Å². The van der Waals surface area contributed by atoms with E-state index in [0.29, 0.717) is 6.54 Å². The second-order valence-electron chi connectivity index (χ2n) is 3.70. The molecule has 1 rings (SSSR count). The number of nitrogens with one attached hydrogen (secondary N) is 2. The molecule has 0 aliphatic carbocycles. The van der Waals surface area contributed by atoms with Crippen molar-refractivity contribution in [3.8, 4) is 0 Å². The molecule has 0 aromatic carbocycles. The van der Waals surface area contributed by atoms with Crippen molar-refractivity contribution in [2.45, 2.75) is 19.5 Å². The highest BCUT2D eigenvalue weighted by molar-refractivity contribution is 5.49. The van der Waals surface area contributed by atoms with Crippen molar-refractivity contribution in [1.29, 1.82) is 0 Å². The number of hydrogen-bond acceptors (Lipinski definition) is 4. The zero-order valence-electron chi connectivity index (χ0n) is 10.0. The lowest BCUT2D eigenvalue weighted by molar-refractivity contribution is -0.137. The third-order valence-electron chi connectivity index (χ3n) is 2.13.